The van der Waals surface area contributed by atoms with E-state index in [0.29, 0.717) is 6.54 Å². The minimum Gasteiger partial charge on any atom is -0.378 e. The van der Waals surface area contributed by atoms with Gasteiger partial charge in [0.25, 0.3) is 0 Å². The van der Waals surface area contributed by atoms with Gasteiger partial charge in [-0.15, -0.1) is 0 Å². The molecule has 140 valence electrons. The highest BCUT2D eigenvalue weighted by Gasteiger charge is 2.49. The number of carbonyl (C=O) groups is 1. The van der Waals surface area contributed by atoms with E-state index in [1.54, 1.807) is 6.33 Å². The van der Waals surface area contributed by atoms with Gasteiger partial charge in [-0.25, -0.2) is 9.97 Å². The van der Waals surface area contributed by atoms with Crippen LogP contribution in [-0.4, -0.2) is 55.3 Å². The maximum Gasteiger partial charge on any atom is 0.236 e. The summed E-state index contributed by atoms with van der Waals surface area (Å²) in [5, 5.41) is 3.07. The summed E-state index contributed by atoms with van der Waals surface area (Å²) in [6, 6.07) is 10.1. The van der Waals surface area contributed by atoms with Gasteiger partial charge >= 0.3 is 0 Å². The number of carbonyl (C=O) groups excluding carboxylic acids is 1. The van der Waals surface area contributed by atoms with Crippen molar-refractivity contribution in [2.45, 2.75) is 18.3 Å². The molecule has 7 nitrogen and oxygen atoms in total. The van der Waals surface area contributed by atoms with Crippen molar-refractivity contribution in [2.75, 3.05) is 54.5 Å². The monoisotopic (exact) mass is 365 g/mol. The van der Waals surface area contributed by atoms with Gasteiger partial charge in [0.15, 0.2) is 0 Å². The van der Waals surface area contributed by atoms with E-state index in [1.807, 2.05) is 24.3 Å². The molecule has 0 radical (unpaired) electrons. The number of rotatable bonds is 2. The molecule has 1 aromatic carbocycles. The SMILES string of the molecule is O=C1Nc2ccccc2[C@@]12CCCN(c1cc(N3CCOCC3)ncn1)C2. The molecule has 1 atom stereocenters. The van der Waals surface area contributed by atoms with Gasteiger partial charge in [-0.2, -0.15) is 0 Å². The van der Waals surface area contributed by atoms with E-state index < -0.39 is 5.41 Å². The molecular weight excluding hydrogens is 342 g/mol. The maximum absolute atomic E-state index is 12.9. The Morgan fingerprint density at radius 3 is 2.67 bits per heavy atom. The number of para-hydroxylation sites is 1. The number of anilines is 3. The standard InChI is InChI=1S/C20H23N5O2/c26-19-20(15-4-1-2-5-16(15)23-19)6-3-7-25(13-20)18-12-17(21-14-22-18)24-8-10-27-11-9-24/h1-2,4-5,12,14H,3,6-11,13H2,(H,23,26)/t20-/m0/s1. The Labute approximate surface area is 158 Å². The molecule has 2 saturated heterocycles. The first-order valence-corrected chi connectivity index (χ1v) is 9.57. The van der Waals surface area contributed by atoms with E-state index in [9.17, 15) is 4.79 Å². The second kappa shape index (κ2) is 6.49. The lowest BCUT2D eigenvalue weighted by Gasteiger charge is -2.40. The summed E-state index contributed by atoms with van der Waals surface area (Å²) in [5.41, 5.74) is 1.57. The number of morpholine rings is 1. The van der Waals surface area contributed by atoms with Crippen molar-refractivity contribution in [1.82, 2.24) is 9.97 Å². The Morgan fingerprint density at radius 1 is 1.04 bits per heavy atom. The van der Waals surface area contributed by atoms with E-state index in [4.69, 9.17) is 4.74 Å². The van der Waals surface area contributed by atoms with Gasteiger partial charge in [-0.05, 0) is 24.5 Å². The summed E-state index contributed by atoms with van der Waals surface area (Å²) in [6.45, 7) is 4.69. The van der Waals surface area contributed by atoms with Crippen LogP contribution in [0.2, 0.25) is 0 Å². The highest BCUT2D eigenvalue weighted by molar-refractivity contribution is 6.06. The van der Waals surface area contributed by atoms with Crippen LogP contribution >= 0.6 is 0 Å². The summed E-state index contributed by atoms with van der Waals surface area (Å²) in [6.07, 6.45) is 3.45. The molecule has 4 heterocycles. The first-order valence-electron chi connectivity index (χ1n) is 9.57. The summed E-state index contributed by atoms with van der Waals surface area (Å²) >= 11 is 0. The summed E-state index contributed by atoms with van der Waals surface area (Å²) in [7, 11) is 0. The summed E-state index contributed by atoms with van der Waals surface area (Å²) in [5.74, 6) is 1.93. The minimum absolute atomic E-state index is 0.107. The zero-order chi connectivity index (χ0) is 18.3. The van der Waals surface area contributed by atoms with Gasteiger partial charge in [-0.1, -0.05) is 18.2 Å². The van der Waals surface area contributed by atoms with Crippen LogP contribution in [-0.2, 0) is 14.9 Å². The first-order chi connectivity index (χ1) is 13.3. The van der Waals surface area contributed by atoms with E-state index >= 15 is 0 Å². The van der Waals surface area contributed by atoms with E-state index in [2.05, 4.69) is 31.2 Å². The van der Waals surface area contributed by atoms with Crippen LogP contribution in [0.15, 0.2) is 36.7 Å². The molecule has 2 aromatic rings. The molecule has 0 saturated carbocycles. The van der Waals surface area contributed by atoms with E-state index in [1.165, 1.54) is 0 Å². The Hall–Kier alpha value is -2.67. The third-order valence-electron chi connectivity index (χ3n) is 5.92. The topological polar surface area (TPSA) is 70.6 Å². The highest BCUT2D eigenvalue weighted by Crippen LogP contribution is 2.44. The number of hydrogen-bond acceptors (Lipinski definition) is 6. The van der Waals surface area contributed by atoms with Crippen molar-refractivity contribution in [3.05, 3.63) is 42.2 Å². The molecule has 7 heteroatoms. The molecule has 0 unspecified atom stereocenters. The maximum atomic E-state index is 12.9. The average Bonchev–Trinajstić information content (AvgIpc) is 3.00. The van der Waals surface area contributed by atoms with Crippen molar-refractivity contribution < 1.29 is 9.53 Å². The Balaban J connectivity index is 1.44. The quantitative estimate of drug-likeness (QED) is 0.875. The first kappa shape index (κ1) is 16.5. The van der Waals surface area contributed by atoms with E-state index in [-0.39, 0.29) is 5.91 Å². The van der Waals surface area contributed by atoms with Gasteiger partial charge in [0.05, 0.1) is 18.6 Å². The predicted octanol–water partition coefficient (Wildman–Crippen LogP) is 1.80. The fourth-order valence-electron chi connectivity index (χ4n) is 4.51. The lowest BCUT2D eigenvalue weighted by molar-refractivity contribution is -0.121. The molecule has 3 aliphatic rings. The number of nitrogens with one attached hydrogen (secondary N) is 1. The molecule has 1 N–H and O–H groups in total. The molecule has 27 heavy (non-hydrogen) atoms. The molecule has 0 bridgehead atoms. The molecule has 5 rings (SSSR count). The van der Waals surface area contributed by atoms with Crippen molar-refractivity contribution in [3.8, 4) is 0 Å². The van der Waals surface area contributed by atoms with Crippen molar-refractivity contribution in [2.24, 2.45) is 0 Å². The van der Waals surface area contributed by atoms with Crippen LogP contribution in [0.3, 0.4) is 0 Å². The number of benzene rings is 1. The van der Waals surface area contributed by atoms with Gasteiger partial charge < -0.3 is 19.9 Å². The van der Waals surface area contributed by atoms with Crippen molar-refractivity contribution >= 4 is 23.2 Å². The molecular formula is C20H23N5O2. The number of nitrogens with zero attached hydrogens (tertiary/aromatic N) is 4. The smallest absolute Gasteiger partial charge is 0.236 e. The second-order valence-electron chi connectivity index (χ2n) is 7.44. The lowest BCUT2D eigenvalue weighted by Crippen LogP contribution is -2.50. The molecule has 3 aliphatic heterocycles. The molecule has 1 aromatic heterocycles. The normalized spacial score (nSPS) is 24.8. The highest BCUT2D eigenvalue weighted by atomic mass is 16.5. The van der Waals surface area contributed by atoms with Crippen LogP contribution in [0, 0.1) is 0 Å². The fourth-order valence-corrected chi connectivity index (χ4v) is 4.51. The number of piperidine rings is 1. The van der Waals surface area contributed by atoms with Gasteiger partial charge in [-0.3, -0.25) is 4.79 Å². The summed E-state index contributed by atoms with van der Waals surface area (Å²) < 4.78 is 5.44. The number of hydrogen-bond donors (Lipinski definition) is 1. The van der Waals surface area contributed by atoms with Crippen molar-refractivity contribution in [3.63, 3.8) is 0 Å². The van der Waals surface area contributed by atoms with E-state index in [0.717, 1.165) is 68.6 Å². The van der Waals surface area contributed by atoms with Crippen LogP contribution in [0.5, 0.6) is 0 Å². The molecule has 0 aliphatic carbocycles. The van der Waals surface area contributed by atoms with Crippen molar-refractivity contribution in [1.29, 1.82) is 0 Å². The average molecular weight is 365 g/mol. The molecule has 2 fully saturated rings. The second-order valence-corrected chi connectivity index (χ2v) is 7.44. The van der Waals surface area contributed by atoms with Crippen LogP contribution in [0.1, 0.15) is 18.4 Å². The Bertz CT molecular complexity index is 867. The number of aromatic nitrogens is 2. The molecule has 1 spiro atoms. The zero-order valence-corrected chi connectivity index (χ0v) is 15.2. The van der Waals surface area contributed by atoms with Crippen LogP contribution < -0.4 is 15.1 Å². The van der Waals surface area contributed by atoms with Gasteiger partial charge in [0.1, 0.15) is 18.0 Å². The Morgan fingerprint density at radius 2 is 1.81 bits per heavy atom. The van der Waals surface area contributed by atoms with Crippen LogP contribution in [0.25, 0.3) is 0 Å². The fraction of sp³-hybridized carbons (Fsp3) is 0.450. The number of ether oxygens (including phenoxy) is 1. The number of amides is 1. The third-order valence-corrected chi connectivity index (χ3v) is 5.92. The minimum atomic E-state index is -0.487. The largest absolute Gasteiger partial charge is 0.378 e. The predicted molar refractivity (Wildman–Crippen MR) is 103 cm³/mol. The van der Waals surface area contributed by atoms with Crippen LogP contribution in [0.4, 0.5) is 17.3 Å². The zero-order valence-electron chi connectivity index (χ0n) is 15.2. The van der Waals surface area contributed by atoms with Gasteiger partial charge in [0, 0.05) is 37.9 Å². The number of fused-ring (bicyclic) bond motifs is 2. The molecule has 1 amide bonds. The third kappa shape index (κ3) is 2.73. The Kier molecular flexibility index (Phi) is 3.97. The van der Waals surface area contributed by atoms with Gasteiger partial charge in [0.2, 0.25) is 5.91 Å². The summed E-state index contributed by atoms with van der Waals surface area (Å²) in [4.78, 5) is 26.3. The lowest BCUT2D eigenvalue weighted by atomic mass is 9.75.